The predicted molar refractivity (Wildman–Crippen MR) is 176 cm³/mol. The number of rotatable bonds is 2. The van der Waals surface area contributed by atoms with Gasteiger partial charge in [0.2, 0.25) is 0 Å². The Kier molecular flexibility index (Phi) is 4.49. The number of hydrogen-bond acceptors (Lipinski definition) is 0. The van der Waals surface area contributed by atoms with Gasteiger partial charge in [-0.3, -0.25) is 0 Å². The lowest BCUT2D eigenvalue weighted by atomic mass is 9.67. The summed E-state index contributed by atoms with van der Waals surface area (Å²) in [6.07, 6.45) is 0. The molecule has 0 atom stereocenters. The van der Waals surface area contributed by atoms with Crippen LogP contribution in [0, 0.1) is 0 Å². The Hall–Kier alpha value is -4.94. The van der Waals surface area contributed by atoms with Crippen molar-refractivity contribution < 1.29 is 0 Å². The molecule has 1 aliphatic rings. The van der Waals surface area contributed by atoms with Gasteiger partial charge in [-0.05, 0) is 93.7 Å². The first-order chi connectivity index (χ1) is 20.1. The van der Waals surface area contributed by atoms with E-state index in [1.807, 2.05) is 0 Å². The highest BCUT2D eigenvalue weighted by Gasteiger charge is 2.34. The number of benzene rings is 8. The molecular formula is C41H28. The molecule has 0 heterocycles. The molecule has 8 aromatic carbocycles. The van der Waals surface area contributed by atoms with Crippen molar-refractivity contribution in [3.63, 3.8) is 0 Å². The van der Waals surface area contributed by atoms with Gasteiger partial charge in [0.05, 0.1) is 0 Å². The summed E-state index contributed by atoms with van der Waals surface area (Å²) in [5.41, 5.74) is 10.6. The van der Waals surface area contributed by atoms with Crippen molar-refractivity contribution in [1.82, 2.24) is 0 Å². The Morgan fingerprint density at radius 1 is 0.390 bits per heavy atom. The monoisotopic (exact) mass is 520 g/mol. The van der Waals surface area contributed by atoms with Gasteiger partial charge in [-0.15, -0.1) is 0 Å². The molecule has 0 spiro atoms. The Balaban J connectivity index is 1.30. The van der Waals surface area contributed by atoms with E-state index in [9.17, 15) is 0 Å². The van der Waals surface area contributed by atoms with Crippen LogP contribution in [0.1, 0.15) is 25.0 Å². The summed E-state index contributed by atoms with van der Waals surface area (Å²) in [7, 11) is 0. The van der Waals surface area contributed by atoms with Gasteiger partial charge in [-0.2, -0.15) is 0 Å². The van der Waals surface area contributed by atoms with Crippen molar-refractivity contribution >= 4 is 43.1 Å². The second-order valence-electron chi connectivity index (χ2n) is 12.1. The van der Waals surface area contributed by atoms with Crippen LogP contribution in [-0.4, -0.2) is 0 Å². The first kappa shape index (κ1) is 22.8. The van der Waals surface area contributed by atoms with Crippen LogP contribution in [0.15, 0.2) is 133 Å². The van der Waals surface area contributed by atoms with Crippen molar-refractivity contribution in [2.45, 2.75) is 19.3 Å². The standard InChI is InChI=1S/C41H28/c1-41(2)35-16-6-11-25-10-5-15-34(38(25)35)40-32(14-7-17-36(40)41)30-13-4-12-29(24-30)31-22-20-28-19-18-26-8-3-9-27-21-23-33(31)39(28)37(26)27/h3-24H,1-2H3. The van der Waals surface area contributed by atoms with Gasteiger partial charge < -0.3 is 0 Å². The first-order valence-corrected chi connectivity index (χ1v) is 14.5. The Bertz CT molecular complexity index is 2310. The number of hydrogen-bond donors (Lipinski definition) is 0. The van der Waals surface area contributed by atoms with E-state index in [2.05, 4.69) is 147 Å². The summed E-state index contributed by atoms with van der Waals surface area (Å²) in [6.45, 7) is 4.75. The highest BCUT2D eigenvalue weighted by molar-refractivity contribution is 6.25. The molecule has 8 aromatic rings. The molecule has 41 heavy (non-hydrogen) atoms. The molecular weight excluding hydrogens is 492 g/mol. The van der Waals surface area contributed by atoms with Crippen LogP contribution in [0.5, 0.6) is 0 Å². The lowest BCUT2D eigenvalue weighted by molar-refractivity contribution is 0.645. The Morgan fingerprint density at radius 2 is 0.927 bits per heavy atom. The average molecular weight is 521 g/mol. The van der Waals surface area contributed by atoms with E-state index < -0.39 is 0 Å². The van der Waals surface area contributed by atoms with Gasteiger partial charge in [0, 0.05) is 5.41 Å². The maximum Gasteiger partial charge on any atom is 0.0159 e. The summed E-state index contributed by atoms with van der Waals surface area (Å²) < 4.78 is 0. The van der Waals surface area contributed by atoms with Crippen molar-refractivity contribution in [2.24, 2.45) is 0 Å². The van der Waals surface area contributed by atoms with Gasteiger partial charge in [-0.1, -0.05) is 141 Å². The number of fused-ring (bicyclic) bond motifs is 2. The van der Waals surface area contributed by atoms with Gasteiger partial charge >= 0.3 is 0 Å². The minimum atomic E-state index is -0.0805. The van der Waals surface area contributed by atoms with Crippen LogP contribution in [0.3, 0.4) is 0 Å². The molecule has 0 radical (unpaired) electrons. The normalized spacial score (nSPS) is 13.8. The van der Waals surface area contributed by atoms with Crippen LogP contribution in [0.2, 0.25) is 0 Å². The second-order valence-corrected chi connectivity index (χ2v) is 12.1. The van der Waals surface area contributed by atoms with E-state index in [1.165, 1.54) is 87.6 Å². The zero-order chi connectivity index (χ0) is 27.3. The molecule has 0 unspecified atom stereocenters. The fourth-order valence-electron chi connectivity index (χ4n) is 7.66. The molecule has 0 fully saturated rings. The van der Waals surface area contributed by atoms with Gasteiger partial charge in [0.25, 0.3) is 0 Å². The van der Waals surface area contributed by atoms with E-state index in [4.69, 9.17) is 0 Å². The summed E-state index contributed by atoms with van der Waals surface area (Å²) in [5, 5.41) is 10.7. The van der Waals surface area contributed by atoms with Crippen molar-refractivity contribution in [3.8, 4) is 33.4 Å². The molecule has 0 saturated heterocycles. The van der Waals surface area contributed by atoms with Crippen molar-refractivity contribution in [2.75, 3.05) is 0 Å². The molecule has 0 nitrogen and oxygen atoms in total. The summed E-state index contributed by atoms with van der Waals surface area (Å²) in [4.78, 5) is 0. The van der Waals surface area contributed by atoms with Crippen LogP contribution >= 0.6 is 0 Å². The summed E-state index contributed by atoms with van der Waals surface area (Å²) in [5.74, 6) is 0. The van der Waals surface area contributed by atoms with Crippen LogP contribution in [0.4, 0.5) is 0 Å². The molecule has 0 amide bonds. The molecule has 0 aromatic heterocycles. The molecule has 1 aliphatic carbocycles. The fraction of sp³-hybridized carbons (Fsp3) is 0.0732. The van der Waals surface area contributed by atoms with E-state index >= 15 is 0 Å². The smallest absolute Gasteiger partial charge is 0.0159 e. The predicted octanol–water partition coefficient (Wildman–Crippen LogP) is 11.4. The Morgan fingerprint density at radius 3 is 1.73 bits per heavy atom. The third kappa shape index (κ3) is 3.05. The summed E-state index contributed by atoms with van der Waals surface area (Å²) in [6, 6.07) is 49.9. The van der Waals surface area contributed by atoms with Crippen LogP contribution in [-0.2, 0) is 5.41 Å². The second kappa shape index (κ2) is 8.05. The van der Waals surface area contributed by atoms with Gasteiger partial charge in [0.1, 0.15) is 0 Å². The Labute approximate surface area is 239 Å². The molecule has 9 rings (SSSR count). The van der Waals surface area contributed by atoms with Gasteiger partial charge in [-0.25, -0.2) is 0 Å². The molecule has 0 saturated carbocycles. The van der Waals surface area contributed by atoms with E-state index in [0.717, 1.165) is 0 Å². The SMILES string of the molecule is CC1(C)c2cccc(-c3cccc(-c4ccc5ccc6cccc7ccc4c5c67)c3)c2-c2cccc3cccc1c23. The minimum Gasteiger partial charge on any atom is -0.0613 e. The van der Waals surface area contributed by atoms with Crippen LogP contribution in [0.25, 0.3) is 76.5 Å². The molecule has 192 valence electrons. The third-order valence-electron chi connectivity index (χ3n) is 9.60. The maximum absolute atomic E-state index is 2.40. The maximum atomic E-state index is 2.40. The molecule has 0 heteroatoms. The zero-order valence-electron chi connectivity index (χ0n) is 23.2. The first-order valence-electron chi connectivity index (χ1n) is 14.5. The zero-order valence-corrected chi connectivity index (χ0v) is 23.2. The lowest BCUT2D eigenvalue weighted by Crippen LogP contribution is -2.24. The quantitative estimate of drug-likeness (QED) is 0.199. The highest BCUT2D eigenvalue weighted by Crippen LogP contribution is 2.51. The highest BCUT2D eigenvalue weighted by atomic mass is 14.4. The van der Waals surface area contributed by atoms with Crippen molar-refractivity contribution in [1.29, 1.82) is 0 Å². The third-order valence-corrected chi connectivity index (χ3v) is 9.60. The van der Waals surface area contributed by atoms with E-state index in [0.29, 0.717) is 0 Å². The van der Waals surface area contributed by atoms with Crippen molar-refractivity contribution in [3.05, 3.63) is 145 Å². The van der Waals surface area contributed by atoms with E-state index in [-0.39, 0.29) is 5.41 Å². The minimum absolute atomic E-state index is 0.0805. The largest absolute Gasteiger partial charge is 0.0613 e. The summed E-state index contributed by atoms with van der Waals surface area (Å²) >= 11 is 0. The lowest BCUT2D eigenvalue weighted by Gasteiger charge is -2.36. The topological polar surface area (TPSA) is 0 Å². The fourth-order valence-corrected chi connectivity index (χ4v) is 7.66. The molecule has 0 N–H and O–H groups in total. The average Bonchev–Trinajstić information content (AvgIpc) is 3.02. The molecule has 0 bridgehead atoms. The van der Waals surface area contributed by atoms with Crippen LogP contribution < -0.4 is 0 Å². The van der Waals surface area contributed by atoms with E-state index in [1.54, 1.807) is 0 Å². The van der Waals surface area contributed by atoms with Gasteiger partial charge in [0.15, 0.2) is 0 Å². The molecule has 0 aliphatic heterocycles.